The van der Waals surface area contributed by atoms with Gasteiger partial charge in [-0.3, -0.25) is 4.72 Å². The third-order valence-electron chi connectivity index (χ3n) is 3.56. The van der Waals surface area contributed by atoms with E-state index in [-0.39, 0.29) is 21.4 Å². The van der Waals surface area contributed by atoms with Crippen molar-refractivity contribution in [2.45, 2.75) is 11.1 Å². The molecule has 25 heavy (non-hydrogen) atoms. The summed E-state index contributed by atoms with van der Waals surface area (Å²) in [5.74, 6) is -0.589. The van der Waals surface area contributed by atoms with Crippen molar-refractivity contribution in [3.8, 4) is 0 Å². The lowest BCUT2D eigenvalue weighted by molar-refractivity contribution is -0.137. The highest BCUT2D eigenvalue weighted by atomic mass is 32.2. The topological polar surface area (TPSA) is 46.2 Å². The predicted molar refractivity (Wildman–Crippen MR) is 86.2 cm³/mol. The molecule has 0 atom stereocenters. The maximum Gasteiger partial charge on any atom is 0.416 e. The minimum Gasteiger partial charge on any atom is -0.280 e. The lowest BCUT2D eigenvalue weighted by atomic mass is 10.1. The van der Waals surface area contributed by atoms with E-state index < -0.39 is 27.6 Å². The van der Waals surface area contributed by atoms with Crippen LogP contribution in [-0.2, 0) is 16.2 Å². The first kappa shape index (κ1) is 17.2. The molecule has 3 aromatic rings. The molecule has 0 bridgehead atoms. The number of anilines is 1. The molecule has 0 amide bonds. The summed E-state index contributed by atoms with van der Waals surface area (Å²) in [5.41, 5.74) is -1.21. The molecular formula is C17H11F4NO2S. The second kappa shape index (κ2) is 6.03. The molecule has 130 valence electrons. The van der Waals surface area contributed by atoms with E-state index in [1.165, 1.54) is 18.2 Å². The van der Waals surface area contributed by atoms with Gasteiger partial charge in [-0.15, -0.1) is 0 Å². The second-order valence-electron chi connectivity index (χ2n) is 5.28. The number of nitrogens with one attached hydrogen (secondary N) is 1. The van der Waals surface area contributed by atoms with Crippen LogP contribution in [0.1, 0.15) is 5.56 Å². The van der Waals surface area contributed by atoms with Crippen LogP contribution in [0.2, 0.25) is 0 Å². The molecule has 0 spiro atoms. The van der Waals surface area contributed by atoms with Crippen LogP contribution in [0.3, 0.4) is 0 Å². The summed E-state index contributed by atoms with van der Waals surface area (Å²) in [7, 11) is -4.20. The molecule has 0 unspecified atom stereocenters. The monoisotopic (exact) mass is 369 g/mol. The van der Waals surface area contributed by atoms with Crippen molar-refractivity contribution in [1.82, 2.24) is 0 Å². The van der Waals surface area contributed by atoms with E-state index in [1.54, 1.807) is 12.1 Å². The Labute approximate surface area is 141 Å². The first-order chi connectivity index (χ1) is 11.7. The van der Waals surface area contributed by atoms with Crippen LogP contribution in [0, 0.1) is 5.82 Å². The zero-order valence-corrected chi connectivity index (χ0v) is 13.3. The van der Waals surface area contributed by atoms with Gasteiger partial charge in [-0.2, -0.15) is 13.2 Å². The molecule has 0 aromatic heterocycles. The molecule has 8 heteroatoms. The van der Waals surface area contributed by atoms with Gasteiger partial charge in [0.15, 0.2) is 0 Å². The lowest BCUT2D eigenvalue weighted by Gasteiger charge is -2.13. The highest BCUT2D eigenvalue weighted by Crippen LogP contribution is 2.32. The Morgan fingerprint density at radius 1 is 0.840 bits per heavy atom. The summed E-state index contributed by atoms with van der Waals surface area (Å²) < 4.78 is 79.4. The highest BCUT2D eigenvalue weighted by Gasteiger charge is 2.30. The van der Waals surface area contributed by atoms with Gasteiger partial charge in [0.25, 0.3) is 10.0 Å². The molecule has 3 aromatic carbocycles. The summed E-state index contributed by atoms with van der Waals surface area (Å²) in [4.78, 5) is -0.220. The average molecular weight is 369 g/mol. The Kier molecular flexibility index (Phi) is 4.16. The first-order valence-electron chi connectivity index (χ1n) is 7.06. The minimum absolute atomic E-state index is 0.106. The molecular weight excluding hydrogens is 358 g/mol. The zero-order valence-electron chi connectivity index (χ0n) is 12.5. The molecule has 0 aliphatic rings. The molecule has 0 saturated carbocycles. The summed E-state index contributed by atoms with van der Waals surface area (Å²) in [5, 5.41) is 0.247. The number of benzene rings is 3. The van der Waals surface area contributed by atoms with Crippen molar-refractivity contribution < 1.29 is 26.0 Å². The van der Waals surface area contributed by atoms with E-state index >= 15 is 0 Å². The predicted octanol–water partition coefficient (Wildman–Crippen LogP) is 4.80. The van der Waals surface area contributed by atoms with Crippen LogP contribution in [-0.4, -0.2) is 8.42 Å². The van der Waals surface area contributed by atoms with Gasteiger partial charge in [-0.1, -0.05) is 30.3 Å². The van der Waals surface area contributed by atoms with Crippen molar-refractivity contribution in [3.05, 3.63) is 72.0 Å². The van der Waals surface area contributed by atoms with E-state index in [4.69, 9.17) is 0 Å². The molecule has 0 radical (unpaired) electrons. The van der Waals surface area contributed by atoms with Gasteiger partial charge in [0.05, 0.1) is 10.5 Å². The van der Waals surface area contributed by atoms with Crippen LogP contribution in [0.5, 0.6) is 0 Å². The largest absolute Gasteiger partial charge is 0.416 e. The van der Waals surface area contributed by atoms with Gasteiger partial charge in [0.1, 0.15) is 5.82 Å². The van der Waals surface area contributed by atoms with Crippen LogP contribution >= 0.6 is 0 Å². The van der Waals surface area contributed by atoms with E-state index in [1.807, 2.05) is 0 Å². The molecule has 3 rings (SSSR count). The third-order valence-corrected chi connectivity index (χ3v) is 5.00. The van der Waals surface area contributed by atoms with Gasteiger partial charge in [-0.25, -0.2) is 12.8 Å². The van der Waals surface area contributed by atoms with E-state index in [0.29, 0.717) is 6.07 Å². The number of alkyl halides is 3. The summed E-state index contributed by atoms with van der Waals surface area (Å²) in [6, 6.07) is 11.9. The van der Waals surface area contributed by atoms with Gasteiger partial charge in [-0.05, 0) is 30.3 Å². The fourth-order valence-corrected chi connectivity index (χ4v) is 3.70. The van der Waals surface area contributed by atoms with Crippen molar-refractivity contribution in [2.75, 3.05) is 4.72 Å². The summed E-state index contributed by atoms with van der Waals surface area (Å²) in [6.07, 6.45) is -4.59. The number of hydrogen-bond donors (Lipinski definition) is 1. The van der Waals surface area contributed by atoms with E-state index in [9.17, 15) is 26.0 Å². The molecule has 0 aliphatic heterocycles. The van der Waals surface area contributed by atoms with Crippen molar-refractivity contribution in [1.29, 1.82) is 0 Å². The van der Waals surface area contributed by atoms with Crippen molar-refractivity contribution in [3.63, 3.8) is 0 Å². The van der Waals surface area contributed by atoms with Crippen LogP contribution in [0.4, 0.5) is 23.2 Å². The van der Waals surface area contributed by atoms with Gasteiger partial charge in [0.2, 0.25) is 0 Å². The van der Waals surface area contributed by atoms with Crippen molar-refractivity contribution >= 4 is 26.5 Å². The van der Waals surface area contributed by atoms with Gasteiger partial charge >= 0.3 is 6.18 Å². The van der Waals surface area contributed by atoms with Crippen LogP contribution in [0.15, 0.2) is 65.6 Å². The smallest absolute Gasteiger partial charge is 0.280 e. The van der Waals surface area contributed by atoms with Crippen LogP contribution in [0.25, 0.3) is 10.8 Å². The Balaban J connectivity index is 2.06. The Hall–Kier alpha value is -2.61. The zero-order chi connectivity index (χ0) is 18.2. The quantitative estimate of drug-likeness (QED) is 0.674. The SMILES string of the molecule is O=S(=O)(Nc1cccc(C(F)(F)F)c1)c1ccc(F)c2ccccc12. The molecule has 0 fully saturated rings. The number of hydrogen-bond acceptors (Lipinski definition) is 2. The van der Waals surface area contributed by atoms with Crippen LogP contribution < -0.4 is 4.72 Å². The first-order valence-corrected chi connectivity index (χ1v) is 8.54. The molecule has 0 heterocycles. The Morgan fingerprint density at radius 3 is 2.20 bits per heavy atom. The van der Waals surface area contributed by atoms with E-state index in [2.05, 4.69) is 4.72 Å². The highest BCUT2D eigenvalue weighted by molar-refractivity contribution is 7.93. The standard InChI is InChI=1S/C17H11F4NO2S/c18-15-8-9-16(14-7-2-1-6-13(14)15)25(23,24)22-12-5-3-4-11(10-12)17(19,20)21/h1-10,22H. The normalized spacial score (nSPS) is 12.3. The summed E-state index contributed by atoms with van der Waals surface area (Å²) >= 11 is 0. The van der Waals surface area contributed by atoms with Gasteiger partial charge in [0, 0.05) is 16.5 Å². The Bertz CT molecular complexity index is 1050. The number of sulfonamides is 1. The lowest BCUT2D eigenvalue weighted by Crippen LogP contribution is -2.14. The molecule has 3 nitrogen and oxygen atoms in total. The number of fused-ring (bicyclic) bond motifs is 1. The van der Waals surface area contributed by atoms with Crippen molar-refractivity contribution in [2.24, 2.45) is 0 Å². The number of halogens is 4. The second-order valence-corrected chi connectivity index (χ2v) is 6.93. The number of rotatable bonds is 3. The molecule has 0 saturated heterocycles. The maximum atomic E-state index is 13.8. The van der Waals surface area contributed by atoms with Gasteiger partial charge < -0.3 is 0 Å². The fraction of sp³-hybridized carbons (Fsp3) is 0.0588. The summed E-state index contributed by atoms with van der Waals surface area (Å²) in [6.45, 7) is 0. The fourth-order valence-electron chi connectivity index (χ4n) is 2.44. The average Bonchev–Trinajstić information content (AvgIpc) is 2.54. The molecule has 1 N–H and O–H groups in total. The molecule has 0 aliphatic carbocycles. The maximum absolute atomic E-state index is 13.8. The minimum atomic E-state index is -4.59. The third kappa shape index (κ3) is 3.43. The van der Waals surface area contributed by atoms with E-state index in [0.717, 1.165) is 24.3 Å². The Morgan fingerprint density at radius 2 is 1.52 bits per heavy atom.